The van der Waals surface area contributed by atoms with Gasteiger partial charge in [-0.15, -0.1) is 0 Å². The average molecular weight is 420 g/mol. The normalized spacial score (nSPS) is 19.8. The summed E-state index contributed by atoms with van der Waals surface area (Å²) in [5, 5.41) is 2.73. The zero-order valence-corrected chi connectivity index (χ0v) is 17.2. The van der Waals surface area contributed by atoms with Crippen LogP contribution in [-0.4, -0.2) is 35.8 Å². The summed E-state index contributed by atoms with van der Waals surface area (Å²) in [6.45, 7) is 2.26. The molecule has 3 amide bonds. The molecule has 0 bridgehead atoms. The standard InChI is InChI=1S/C24H24N2O5/c1-2-30-17-11-13-19(14-12-17)31-18-9-7-16(8-10-18)25-22(27)15-26-23(28)20-5-3-4-6-21(20)24(26)29/h3-4,7-14,20-21H,2,5-6,15H2,1H3,(H,25,27). The summed E-state index contributed by atoms with van der Waals surface area (Å²) in [5.74, 6) is 0.480. The molecule has 160 valence electrons. The average Bonchev–Trinajstić information content (AvgIpc) is 3.02. The molecule has 1 heterocycles. The second-order valence-electron chi connectivity index (χ2n) is 7.50. The van der Waals surface area contributed by atoms with Crippen LogP contribution in [0.5, 0.6) is 17.2 Å². The Morgan fingerprint density at radius 2 is 1.42 bits per heavy atom. The van der Waals surface area contributed by atoms with Gasteiger partial charge in [-0.25, -0.2) is 0 Å². The van der Waals surface area contributed by atoms with Gasteiger partial charge >= 0.3 is 0 Å². The lowest BCUT2D eigenvalue weighted by atomic mass is 9.85. The van der Waals surface area contributed by atoms with Gasteiger partial charge < -0.3 is 14.8 Å². The molecule has 2 aromatic rings. The van der Waals surface area contributed by atoms with Crippen molar-refractivity contribution in [2.75, 3.05) is 18.5 Å². The number of ether oxygens (including phenoxy) is 2. The summed E-state index contributed by atoms with van der Waals surface area (Å²) in [5.41, 5.74) is 0.558. The van der Waals surface area contributed by atoms with Gasteiger partial charge in [-0.05, 0) is 68.3 Å². The third kappa shape index (κ3) is 4.60. The van der Waals surface area contributed by atoms with E-state index in [1.54, 1.807) is 24.3 Å². The van der Waals surface area contributed by atoms with Gasteiger partial charge in [0.1, 0.15) is 23.8 Å². The molecule has 0 radical (unpaired) electrons. The van der Waals surface area contributed by atoms with Crippen LogP contribution in [0.25, 0.3) is 0 Å². The topological polar surface area (TPSA) is 84.9 Å². The number of carbonyl (C=O) groups is 3. The zero-order valence-electron chi connectivity index (χ0n) is 17.2. The van der Waals surface area contributed by atoms with Gasteiger partial charge in [-0.3, -0.25) is 19.3 Å². The lowest BCUT2D eigenvalue weighted by molar-refractivity contribution is -0.142. The number of fused-ring (bicyclic) bond motifs is 1. The largest absolute Gasteiger partial charge is 0.494 e. The number of amides is 3. The van der Waals surface area contributed by atoms with Crippen LogP contribution >= 0.6 is 0 Å². The quantitative estimate of drug-likeness (QED) is 0.545. The number of nitrogens with zero attached hydrogens (tertiary/aromatic N) is 1. The third-order valence-corrected chi connectivity index (χ3v) is 5.41. The van der Waals surface area contributed by atoms with Crippen LogP contribution in [0, 0.1) is 11.8 Å². The highest BCUT2D eigenvalue weighted by molar-refractivity contribution is 6.08. The monoisotopic (exact) mass is 420 g/mol. The molecule has 0 aromatic heterocycles. The van der Waals surface area contributed by atoms with Crippen LogP contribution in [0.3, 0.4) is 0 Å². The van der Waals surface area contributed by atoms with Crippen molar-refractivity contribution < 1.29 is 23.9 Å². The fourth-order valence-electron chi connectivity index (χ4n) is 3.88. The van der Waals surface area contributed by atoms with Crippen molar-refractivity contribution in [2.45, 2.75) is 19.8 Å². The Balaban J connectivity index is 1.32. The van der Waals surface area contributed by atoms with Crippen molar-refractivity contribution in [3.8, 4) is 17.2 Å². The Labute approximate surface area is 180 Å². The van der Waals surface area contributed by atoms with Crippen molar-refractivity contribution in [3.63, 3.8) is 0 Å². The lowest BCUT2D eigenvalue weighted by Gasteiger charge is -2.14. The predicted molar refractivity (Wildman–Crippen MR) is 115 cm³/mol. The molecular formula is C24H24N2O5. The minimum Gasteiger partial charge on any atom is -0.494 e. The molecule has 4 rings (SSSR count). The number of hydrogen-bond donors (Lipinski definition) is 1. The molecule has 0 spiro atoms. The van der Waals surface area contributed by atoms with Crippen molar-refractivity contribution >= 4 is 23.4 Å². The molecule has 2 aliphatic rings. The molecule has 1 aliphatic heterocycles. The van der Waals surface area contributed by atoms with Gasteiger partial charge in [0.2, 0.25) is 17.7 Å². The highest BCUT2D eigenvalue weighted by atomic mass is 16.5. The molecule has 1 saturated heterocycles. The smallest absolute Gasteiger partial charge is 0.244 e. The first-order valence-electron chi connectivity index (χ1n) is 10.4. The molecule has 1 N–H and O–H groups in total. The zero-order chi connectivity index (χ0) is 21.8. The van der Waals surface area contributed by atoms with E-state index >= 15 is 0 Å². The number of imide groups is 1. The summed E-state index contributed by atoms with van der Waals surface area (Å²) < 4.78 is 11.2. The Bertz CT molecular complexity index is 972. The Morgan fingerprint density at radius 3 is 1.97 bits per heavy atom. The number of likely N-dealkylation sites (tertiary alicyclic amines) is 1. The first-order valence-corrected chi connectivity index (χ1v) is 10.4. The fourth-order valence-corrected chi connectivity index (χ4v) is 3.88. The van der Waals surface area contributed by atoms with Gasteiger partial charge in [-0.1, -0.05) is 12.2 Å². The summed E-state index contributed by atoms with van der Waals surface area (Å²) in [7, 11) is 0. The second kappa shape index (κ2) is 9.04. The van der Waals surface area contributed by atoms with Crippen LogP contribution in [0.2, 0.25) is 0 Å². The number of allylic oxidation sites excluding steroid dienone is 2. The van der Waals surface area contributed by atoms with E-state index in [2.05, 4.69) is 5.32 Å². The summed E-state index contributed by atoms with van der Waals surface area (Å²) >= 11 is 0. The molecule has 1 fully saturated rings. The molecule has 2 atom stereocenters. The Morgan fingerprint density at radius 1 is 0.903 bits per heavy atom. The molecule has 0 saturated carbocycles. The van der Waals surface area contributed by atoms with E-state index < -0.39 is 5.91 Å². The Kier molecular flexibility index (Phi) is 6.02. The molecule has 2 aromatic carbocycles. The molecule has 7 heteroatoms. The highest BCUT2D eigenvalue weighted by Gasteiger charge is 2.47. The number of anilines is 1. The van der Waals surface area contributed by atoms with Gasteiger partial charge in [0, 0.05) is 5.69 Å². The van der Waals surface area contributed by atoms with E-state index in [1.165, 1.54) is 0 Å². The molecule has 1 aliphatic carbocycles. The van der Waals surface area contributed by atoms with Crippen LogP contribution in [-0.2, 0) is 14.4 Å². The minimum atomic E-state index is -0.409. The van der Waals surface area contributed by atoms with E-state index in [0.717, 1.165) is 10.6 Å². The third-order valence-electron chi connectivity index (χ3n) is 5.41. The second-order valence-corrected chi connectivity index (χ2v) is 7.50. The number of hydrogen-bond acceptors (Lipinski definition) is 5. The molecule has 31 heavy (non-hydrogen) atoms. The van der Waals surface area contributed by atoms with Crippen LogP contribution in [0.1, 0.15) is 19.8 Å². The van der Waals surface area contributed by atoms with Crippen LogP contribution in [0.15, 0.2) is 60.7 Å². The van der Waals surface area contributed by atoms with Crippen molar-refractivity contribution in [1.29, 1.82) is 0 Å². The van der Waals surface area contributed by atoms with Crippen molar-refractivity contribution in [1.82, 2.24) is 4.90 Å². The number of benzene rings is 2. The minimum absolute atomic E-state index is 0.256. The van der Waals surface area contributed by atoms with E-state index in [1.807, 2.05) is 43.3 Å². The van der Waals surface area contributed by atoms with E-state index in [9.17, 15) is 14.4 Å². The number of carbonyl (C=O) groups excluding carboxylic acids is 3. The van der Waals surface area contributed by atoms with Gasteiger partial charge in [0.05, 0.1) is 18.4 Å². The van der Waals surface area contributed by atoms with Gasteiger partial charge in [0.15, 0.2) is 0 Å². The van der Waals surface area contributed by atoms with Crippen LogP contribution in [0.4, 0.5) is 5.69 Å². The maximum absolute atomic E-state index is 12.5. The first-order chi connectivity index (χ1) is 15.0. The summed E-state index contributed by atoms with van der Waals surface area (Å²) in [4.78, 5) is 38.5. The first kappa shape index (κ1) is 20.7. The van der Waals surface area contributed by atoms with E-state index in [-0.39, 0.29) is 30.2 Å². The number of nitrogens with one attached hydrogen (secondary N) is 1. The lowest BCUT2D eigenvalue weighted by Crippen LogP contribution is -2.38. The molecule has 7 nitrogen and oxygen atoms in total. The fraction of sp³-hybridized carbons (Fsp3) is 0.292. The summed E-state index contributed by atoms with van der Waals surface area (Å²) in [6.07, 6.45) is 4.96. The number of rotatable bonds is 7. The van der Waals surface area contributed by atoms with E-state index in [4.69, 9.17) is 9.47 Å². The van der Waals surface area contributed by atoms with E-state index in [0.29, 0.717) is 36.6 Å². The summed E-state index contributed by atoms with van der Waals surface area (Å²) in [6, 6.07) is 14.2. The maximum Gasteiger partial charge on any atom is 0.244 e. The van der Waals surface area contributed by atoms with Crippen molar-refractivity contribution in [2.24, 2.45) is 11.8 Å². The highest BCUT2D eigenvalue weighted by Crippen LogP contribution is 2.35. The molecular weight excluding hydrogens is 396 g/mol. The predicted octanol–water partition coefficient (Wildman–Crippen LogP) is 3.77. The maximum atomic E-state index is 12.5. The van der Waals surface area contributed by atoms with Crippen molar-refractivity contribution in [3.05, 3.63) is 60.7 Å². The van der Waals surface area contributed by atoms with Gasteiger partial charge in [-0.2, -0.15) is 0 Å². The van der Waals surface area contributed by atoms with Gasteiger partial charge in [0.25, 0.3) is 0 Å². The Hall–Kier alpha value is -3.61. The SMILES string of the molecule is CCOc1ccc(Oc2ccc(NC(=O)CN3C(=O)C4CC=CCC4C3=O)cc2)cc1. The van der Waals surface area contributed by atoms with Crippen LogP contribution < -0.4 is 14.8 Å². The molecule has 2 unspecified atom stereocenters.